The monoisotopic (exact) mass is 178 g/mol. The van der Waals surface area contributed by atoms with Gasteiger partial charge in [-0.3, -0.25) is 9.59 Å². The normalized spacial score (nSPS) is 13.9. The number of carbonyl (C=O) groups excluding carboxylic acids is 1. The van der Waals surface area contributed by atoms with Gasteiger partial charge in [-0.2, -0.15) is 0 Å². The zero-order valence-corrected chi connectivity index (χ0v) is 7.00. The first-order valence-electron chi connectivity index (χ1n) is 3.24. The van der Waals surface area contributed by atoms with Gasteiger partial charge in [0, 0.05) is 0 Å². The van der Waals surface area contributed by atoms with Gasteiger partial charge in [0.2, 0.25) is 5.91 Å². The van der Waals surface area contributed by atoms with Gasteiger partial charge in [0.15, 0.2) is 0 Å². The Hall–Kier alpha value is -1.14. The van der Waals surface area contributed by atoms with E-state index in [1.165, 1.54) is 13.8 Å². The molecule has 0 aromatic heterocycles. The molecule has 0 radical (unpaired) electrons. The second-order valence-electron chi connectivity index (χ2n) is 2.36. The Morgan fingerprint density at radius 2 is 1.83 bits per heavy atom. The van der Waals surface area contributed by atoms with Crippen LogP contribution in [0.15, 0.2) is 0 Å². The van der Waals surface area contributed by atoms with Gasteiger partial charge in [-0.25, -0.2) is 0 Å². The first-order chi connectivity index (χ1) is 4.95. The van der Waals surface area contributed by atoms with E-state index in [4.69, 9.17) is 10.8 Å². The number of carboxylic acids is 1. The molecule has 6 N–H and O–H groups in total. The number of rotatable bonds is 3. The first kappa shape index (κ1) is 13.4. The van der Waals surface area contributed by atoms with E-state index in [0.717, 1.165) is 0 Å². The van der Waals surface area contributed by atoms with E-state index in [0.29, 0.717) is 0 Å². The van der Waals surface area contributed by atoms with E-state index in [2.05, 4.69) is 5.32 Å². The van der Waals surface area contributed by atoms with Crippen LogP contribution in [-0.4, -0.2) is 34.5 Å². The third-order valence-electron chi connectivity index (χ3n) is 1.14. The van der Waals surface area contributed by atoms with Crippen LogP contribution >= 0.6 is 0 Å². The molecule has 0 aliphatic rings. The van der Waals surface area contributed by atoms with Crippen LogP contribution < -0.4 is 11.1 Å². The fourth-order valence-corrected chi connectivity index (χ4v) is 0.407. The lowest BCUT2D eigenvalue weighted by atomic mass is 10.3. The molecule has 0 bridgehead atoms. The summed E-state index contributed by atoms with van der Waals surface area (Å²) in [6, 6.07) is -1.55. The van der Waals surface area contributed by atoms with E-state index >= 15 is 0 Å². The third kappa shape index (κ3) is 4.64. The second kappa shape index (κ2) is 5.50. The molecule has 0 fully saturated rings. The zero-order chi connectivity index (χ0) is 9.02. The van der Waals surface area contributed by atoms with Crippen LogP contribution in [0.1, 0.15) is 13.8 Å². The van der Waals surface area contributed by atoms with Crippen LogP contribution in [0, 0.1) is 0 Å². The van der Waals surface area contributed by atoms with Gasteiger partial charge in [0.05, 0.1) is 6.04 Å². The highest BCUT2D eigenvalue weighted by atomic mass is 16.4. The minimum Gasteiger partial charge on any atom is -0.480 e. The standard InChI is InChI=1S/C6H12N2O3.H2O/c1-3(7)5(9)8-4(2)6(10)11;/h3-4H,7H2,1-2H3,(H,8,9)(H,10,11);1H2/t3-,4-;/m0./s1. The molecule has 72 valence electrons. The second-order valence-corrected chi connectivity index (χ2v) is 2.36. The summed E-state index contributed by atoms with van der Waals surface area (Å²) < 4.78 is 0. The van der Waals surface area contributed by atoms with Crippen molar-refractivity contribution < 1.29 is 20.2 Å². The Kier molecular flexibility index (Phi) is 6.17. The Balaban J connectivity index is 0. The van der Waals surface area contributed by atoms with Crippen molar-refractivity contribution in [1.29, 1.82) is 0 Å². The van der Waals surface area contributed by atoms with Crippen molar-refractivity contribution >= 4 is 11.9 Å². The van der Waals surface area contributed by atoms with Crippen molar-refractivity contribution in [2.45, 2.75) is 25.9 Å². The maximum atomic E-state index is 10.8. The fraction of sp³-hybridized carbons (Fsp3) is 0.667. The van der Waals surface area contributed by atoms with E-state index < -0.39 is 24.0 Å². The van der Waals surface area contributed by atoms with Crippen molar-refractivity contribution in [3.05, 3.63) is 0 Å². The Bertz CT molecular complexity index is 169. The van der Waals surface area contributed by atoms with Gasteiger partial charge in [-0.15, -0.1) is 0 Å². The predicted octanol–water partition coefficient (Wildman–Crippen LogP) is -1.90. The highest BCUT2D eigenvalue weighted by Gasteiger charge is 2.15. The quantitative estimate of drug-likeness (QED) is 0.466. The number of amides is 1. The molecule has 2 atom stereocenters. The molecule has 1 amide bonds. The summed E-state index contributed by atoms with van der Waals surface area (Å²) in [4.78, 5) is 21.0. The average molecular weight is 178 g/mol. The van der Waals surface area contributed by atoms with Gasteiger partial charge in [0.25, 0.3) is 0 Å². The average Bonchev–Trinajstić information content (AvgIpc) is 1.87. The SMILES string of the molecule is C[C@H](N)C(=O)N[C@@H](C)C(=O)O.O. The molecule has 6 heteroatoms. The molecule has 6 nitrogen and oxygen atoms in total. The molecule has 0 heterocycles. The summed E-state index contributed by atoms with van der Waals surface area (Å²) in [7, 11) is 0. The summed E-state index contributed by atoms with van der Waals surface area (Å²) in [5.41, 5.74) is 5.18. The van der Waals surface area contributed by atoms with Crippen molar-refractivity contribution in [3.63, 3.8) is 0 Å². The molecular weight excluding hydrogens is 164 g/mol. The summed E-state index contributed by atoms with van der Waals surface area (Å²) in [5.74, 6) is -1.53. The van der Waals surface area contributed by atoms with Crippen LogP contribution in [0.3, 0.4) is 0 Å². The molecule has 0 aliphatic carbocycles. The molecular formula is C6H14N2O4. The van der Waals surface area contributed by atoms with Crippen molar-refractivity contribution in [3.8, 4) is 0 Å². The molecule has 0 aromatic carbocycles. The van der Waals surface area contributed by atoms with Crippen molar-refractivity contribution in [2.75, 3.05) is 0 Å². The number of hydrogen-bond acceptors (Lipinski definition) is 3. The summed E-state index contributed by atoms with van der Waals surface area (Å²) in [5, 5.41) is 10.6. The van der Waals surface area contributed by atoms with E-state index in [1.54, 1.807) is 0 Å². The molecule has 0 aliphatic heterocycles. The number of nitrogens with one attached hydrogen (secondary N) is 1. The maximum absolute atomic E-state index is 10.8. The van der Waals surface area contributed by atoms with Gasteiger partial charge in [-0.1, -0.05) is 0 Å². The van der Waals surface area contributed by atoms with Gasteiger partial charge >= 0.3 is 5.97 Å². The van der Waals surface area contributed by atoms with Crippen LogP contribution in [0.4, 0.5) is 0 Å². The lowest BCUT2D eigenvalue weighted by molar-refractivity contribution is -0.141. The van der Waals surface area contributed by atoms with Gasteiger partial charge in [-0.05, 0) is 13.8 Å². The molecule has 12 heavy (non-hydrogen) atoms. The van der Waals surface area contributed by atoms with Crippen molar-refractivity contribution in [1.82, 2.24) is 5.32 Å². The van der Waals surface area contributed by atoms with Crippen LogP contribution in [0.5, 0.6) is 0 Å². The molecule has 0 saturated heterocycles. The van der Waals surface area contributed by atoms with Crippen LogP contribution in [-0.2, 0) is 9.59 Å². The maximum Gasteiger partial charge on any atom is 0.325 e. The number of aliphatic carboxylic acids is 1. The van der Waals surface area contributed by atoms with E-state index in [1.807, 2.05) is 0 Å². The fourth-order valence-electron chi connectivity index (χ4n) is 0.407. The topological polar surface area (TPSA) is 124 Å². The highest BCUT2D eigenvalue weighted by Crippen LogP contribution is 1.83. The van der Waals surface area contributed by atoms with E-state index in [9.17, 15) is 9.59 Å². The highest BCUT2D eigenvalue weighted by molar-refractivity contribution is 5.86. The van der Waals surface area contributed by atoms with Crippen LogP contribution in [0.25, 0.3) is 0 Å². The lowest BCUT2D eigenvalue weighted by Crippen LogP contribution is -2.45. The lowest BCUT2D eigenvalue weighted by Gasteiger charge is -2.10. The number of carbonyl (C=O) groups is 2. The number of hydrogen-bond donors (Lipinski definition) is 3. The number of nitrogens with two attached hydrogens (primary N) is 1. The Labute approximate surface area is 70.1 Å². The van der Waals surface area contributed by atoms with Crippen LogP contribution in [0.2, 0.25) is 0 Å². The number of carboxylic acid groups (broad SMARTS) is 1. The molecule has 0 aromatic rings. The van der Waals surface area contributed by atoms with Crippen molar-refractivity contribution in [2.24, 2.45) is 5.73 Å². The molecule has 0 saturated carbocycles. The molecule has 0 unspecified atom stereocenters. The Morgan fingerprint density at radius 1 is 1.42 bits per heavy atom. The van der Waals surface area contributed by atoms with Gasteiger partial charge in [0.1, 0.15) is 6.04 Å². The van der Waals surface area contributed by atoms with E-state index in [-0.39, 0.29) is 5.48 Å². The third-order valence-corrected chi connectivity index (χ3v) is 1.14. The zero-order valence-electron chi connectivity index (χ0n) is 7.00. The summed E-state index contributed by atoms with van der Waals surface area (Å²) in [6.07, 6.45) is 0. The molecule has 0 rings (SSSR count). The summed E-state index contributed by atoms with van der Waals surface area (Å²) in [6.45, 7) is 2.87. The smallest absolute Gasteiger partial charge is 0.325 e. The minimum atomic E-state index is -1.07. The largest absolute Gasteiger partial charge is 0.480 e. The summed E-state index contributed by atoms with van der Waals surface area (Å²) >= 11 is 0. The first-order valence-corrected chi connectivity index (χ1v) is 3.24. The van der Waals surface area contributed by atoms with Gasteiger partial charge < -0.3 is 21.6 Å². The Morgan fingerprint density at radius 3 is 2.08 bits per heavy atom. The predicted molar refractivity (Wildman–Crippen MR) is 42.5 cm³/mol. The molecule has 0 spiro atoms. The minimum absolute atomic E-state index is 0.